The molecule has 3 saturated heterocycles. The van der Waals surface area contributed by atoms with Crippen LogP contribution in [0.3, 0.4) is 0 Å². The molecule has 5 nitrogen and oxygen atoms in total. The molecule has 1 N–H and O–H groups in total. The van der Waals surface area contributed by atoms with E-state index in [1.54, 1.807) is 23.1 Å². The number of benzene rings is 1. The summed E-state index contributed by atoms with van der Waals surface area (Å²) in [5.41, 5.74) is 0.662. The third-order valence-corrected chi connectivity index (χ3v) is 5.77. The summed E-state index contributed by atoms with van der Waals surface area (Å²) in [7, 11) is 0. The Labute approximate surface area is 150 Å². The fourth-order valence-electron chi connectivity index (χ4n) is 4.11. The summed E-state index contributed by atoms with van der Waals surface area (Å²) in [6, 6.07) is 5.06. The summed E-state index contributed by atoms with van der Waals surface area (Å²) in [5.74, 6) is 0.908. The average Bonchev–Trinajstić information content (AvgIpc) is 3.19. The van der Waals surface area contributed by atoms with Crippen LogP contribution in [0.4, 0.5) is 5.69 Å². The van der Waals surface area contributed by atoms with Gasteiger partial charge in [0.15, 0.2) is 0 Å². The van der Waals surface area contributed by atoms with Crippen molar-refractivity contribution in [1.82, 2.24) is 10.2 Å². The number of nitrogens with one attached hydrogen (secondary N) is 1. The van der Waals surface area contributed by atoms with Crippen molar-refractivity contribution < 1.29 is 9.59 Å². The van der Waals surface area contributed by atoms with E-state index >= 15 is 0 Å². The number of rotatable bonds is 2. The van der Waals surface area contributed by atoms with Crippen molar-refractivity contribution in [3.8, 4) is 0 Å². The molecule has 7 heteroatoms. The second kappa shape index (κ2) is 6.21. The molecular weight excluding hydrogens is 349 g/mol. The minimum atomic E-state index is -0.276. The zero-order valence-electron chi connectivity index (χ0n) is 13.2. The van der Waals surface area contributed by atoms with Crippen LogP contribution >= 0.6 is 23.2 Å². The molecule has 3 heterocycles. The molecule has 3 aliphatic rings. The molecule has 1 unspecified atom stereocenters. The van der Waals surface area contributed by atoms with Gasteiger partial charge in [-0.2, -0.15) is 0 Å². The van der Waals surface area contributed by atoms with Crippen LogP contribution in [0.15, 0.2) is 18.2 Å². The third-order valence-electron chi connectivity index (χ3n) is 5.33. The van der Waals surface area contributed by atoms with Gasteiger partial charge in [0.25, 0.3) is 0 Å². The Morgan fingerprint density at radius 2 is 1.67 bits per heavy atom. The van der Waals surface area contributed by atoms with E-state index < -0.39 is 0 Å². The highest BCUT2D eigenvalue weighted by Crippen LogP contribution is 2.33. The molecule has 4 rings (SSSR count). The van der Waals surface area contributed by atoms with Crippen molar-refractivity contribution in [2.45, 2.75) is 6.42 Å². The molecule has 0 radical (unpaired) electrons. The molecule has 0 aliphatic carbocycles. The fraction of sp³-hybridized carbons (Fsp3) is 0.529. The Morgan fingerprint density at radius 1 is 1.04 bits per heavy atom. The topological polar surface area (TPSA) is 52.7 Å². The number of carbonyl (C=O) groups excluding carboxylic acids is 2. The molecule has 0 aromatic heterocycles. The van der Waals surface area contributed by atoms with Crippen molar-refractivity contribution in [2.75, 3.05) is 37.6 Å². The van der Waals surface area contributed by atoms with E-state index in [4.69, 9.17) is 23.2 Å². The van der Waals surface area contributed by atoms with E-state index in [-0.39, 0.29) is 24.2 Å². The third kappa shape index (κ3) is 2.89. The standard InChI is InChI=1S/C17H19Cl2N3O2/c18-13-2-14(19)4-15(3-13)22-9-10(1-16(22)23)17(24)21-7-11-5-20-6-12(11)8-21/h2-4,10-12,20H,1,5-9H2/t10?,11-,12+. The molecule has 128 valence electrons. The minimum Gasteiger partial charge on any atom is -0.342 e. The Bertz CT molecular complexity index is 664. The Hall–Kier alpha value is -1.30. The number of hydrogen-bond donors (Lipinski definition) is 1. The summed E-state index contributed by atoms with van der Waals surface area (Å²) < 4.78 is 0. The second-order valence-electron chi connectivity index (χ2n) is 6.95. The van der Waals surface area contributed by atoms with Crippen LogP contribution in [0.2, 0.25) is 10.0 Å². The predicted octanol–water partition coefficient (Wildman–Crippen LogP) is 2.02. The van der Waals surface area contributed by atoms with E-state index in [2.05, 4.69) is 5.32 Å². The molecule has 0 saturated carbocycles. The zero-order chi connectivity index (χ0) is 16.8. The predicted molar refractivity (Wildman–Crippen MR) is 93.4 cm³/mol. The number of amides is 2. The molecule has 3 atom stereocenters. The number of carbonyl (C=O) groups is 2. The second-order valence-corrected chi connectivity index (χ2v) is 7.83. The van der Waals surface area contributed by atoms with Gasteiger partial charge in [0.1, 0.15) is 0 Å². The van der Waals surface area contributed by atoms with E-state index in [0.717, 1.165) is 26.2 Å². The maximum absolute atomic E-state index is 12.8. The molecule has 0 bridgehead atoms. The van der Waals surface area contributed by atoms with E-state index in [9.17, 15) is 9.59 Å². The lowest BCUT2D eigenvalue weighted by Gasteiger charge is -2.22. The van der Waals surface area contributed by atoms with Gasteiger partial charge in [-0.3, -0.25) is 9.59 Å². The lowest BCUT2D eigenvalue weighted by Crippen LogP contribution is -2.37. The SMILES string of the molecule is O=C(C1CC(=O)N(c2cc(Cl)cc(Cl)c2)C1)N1C[C@H]2CNC[C@H]2C1. The van der Waals surface area contributed by atoms with Crippen molar-refractivity contribution in [2.24, 2.45) is 17.8 Å². The number of fused-ring (bicyclic) bond motifs is 1. The summed E-state index contributed by atoms with van der Waals surface area (Å²) >= 11 is 12.1. The van der Waals surface area contributed by atoms with Crippen molar-refractivity contribution in [1.29, 1.82) is 0 Å². The normalized spacial score (nSPS) is 29.4. The van der Waals surface area contributed by atoms with E-state index in [1.165, 1.54) is 0 Å². The van der Waals surface area contributed by atoms with Gasteiger partial charge in [-0.25, -0.2) is 0 Å². The summed E-state index contributed by atoms with van der Waals surface area (Å²) in [5, 5.41) is 4.35. The first-order valence-electron chi connectivity index (χ1n) is 8.27. The smallest absolute Gasteiger partial charge is 0.228 e. The van der Waals surface area contributed by atoms with Gasteiger partial charge in [-0.15, -0.1) is 0 Å². The maximum Gasteiger partial charge on any atom is 0.228 e. The molecular formula is C17H19Cl2N3O2. The van der Waals surface area contributed by atoms with Crippen molar-refractivity contribution >= 4 is 40.7 Å². The lowest BCUT2D eigenvalue weighted by molar-refractivity contribution is -0.135. The van der Waals surface area contributed by atoms with Crippen LogP contribution in [0.25, 0.3) is 0 Å². The van der Waals surface area contributed by atoms with Crippen molar-refractivity contribution in [3.05, 3.63) is 28.2 Å². The molecule has 24 heavy (non-hydrogen) atoms. The van der Waals surface area contributed by atoms with Gasteiger partial charge in [-0.05, 0) is 30.0 Å². The van der Waals surface area contributed by atoms with Gasteiger partial charge in [0, 0.05) is 54.9 Å². The van der Waals surface area contributed by atoms with Crippen LogP contribution in [0.1, 0.15) is 6.42 Å². The average molecular weight is 368 g/mol. The molecule has 3 aliphatic heterocycles. The number of halogens is 2. The van der Waals surface area contributed by atoms with Crippen LogP contribution in [0, 0.1) is 17.8 Å². The number of likely N-dealkylation sites (tertiary alicyclic amines) is 1. The summed E-state index contributed by atoms with van der Waals surface area (Å²) in [6.45, 7) is 4.00. The van der Waals surface area contributed by atoms with Gasteiger partial charge in [0.05, 0.1) is 5.92 Å². The zero-order valence-corrected chi connectivity index (χ0v) is 14.7. The van der Waals surface area contributed by atoms with Crippen LogP contribution in [-0.2, 0) is 9.59 Å². The highest BCUT2D eigenvalue weighted by Gasteiger charge is 2.43. The Balaban J connectivity index is 1.46. The van der Waals surface area contributed by atoms with Crippen LogP contribution in [-0.4, -0.2) is 49.4 Å². The summed E-state index contributed by atoms with van der Waals surface area (Å²) in [6.07, 6.45) is 0.257. The Kier molecular flexibility index (Phi) is 4.19. The monoisotopic (exact) mass is 367 g/mol. The lowest BCUT2D eigenvalue weighted by atomic mass is 10.0. The maximum atomic E-state index is 12.8. The molecule has 0 spiro atoms. The summed E-state index contributed by atoms with van der Waals surface area (Å²) in [4.78, 5) is 28.8. The molecule has 1 aromatic carbocycles. The first-order chi connectivity index (χ1) is 11.5. The van der Waals surface area contributed by atoms with Crippen LogP contribution in [0.5, 0.6) is 0 Å². The van der Waals surface area contributed by atoms with Crippen molar-refractivity contribution in [3.63, 3.8) is 0 Å². The quantitative estimate of drug-likeness (QED) is 0.869. The molecule has 1 aromatic rings. The first kappa shape index (κ1) is 16.2. The molecule has 2 amide bonds. The van der Waals surface area contributed by atoms with Gasteiger partial charge >= 0.3 is 0 Å². The number of nitrogens with zero attached hydrogens (tertiary/aromatic N) is 2. The highest BCUT2D eigenvalue weighted by atomic mass is 35.5. The number of anilines is 1. The van der Waals surface area contributed by atoms with E-state index in [1.807, 2.05) is 4.90 Å². The molecule has 3 fully saturated rings. The van der Waals surface area contributed by atoms with Crippen LogP contribution < -0.4 is 10.2 Å². The highest BCUT2D eigenvalue weighted by molar-refractivity contribution is 6.35. The van der Waals surface area contributed by atoms with Gasteiger partial charge < -0.3 is 15.1 Å². The van der Waals surface area contributed by atoms with Gasteiger partial charge in [-0.1, -0.05) is 23.2 Å². The fourth-order valence-corrected chi connectivity index (χ4v) is 4.63. The minimum absolute atomic E-state index is 0.0484. The Morgan fingerprint density at radius 3 is 2.29 bits per heavy atom. The van der Waals surface area contributed by atoms with E-state index in [0.29, 0.717) is 34.1 Å². The largest absolute Gasteiger partial charge is 0.342 e. The first-order valence-corrected chi connectivity index (χ1v) is 9.03. The van der Waals surface area contributed by atoms with Gasteiger partial charge in [0.2, 0.25) is 11.8 Å². The number of hydrogen-bond acceptors (Lipinski definition) is 3.